The molecule has 0 aliphatic carbocycles. The van der Waals surface area contributed by atoms with Gasteiger partial charge in [-0.15, -0.1) is 0 Å². The summed E-state index contributed by atoms with van der Waals surface area (Å²) in [7, 11) is 0. The van der Waals surface area contributed by atoms with E-state index < -0.39 is 6.10 Å². The zero-order chi connectivity index (χ0) is 18.6. The Morgan fingerprint density at radius 2 is 2.11 bits per heavy atom. The van der Waals surface area contributed by atoms with E-state index >= 15 is 0 Å². The molecule has 4 rings (SSSR count). The molecule has 0 spiro atoms. The van der Waals surface area contributed by atoms with Gasteiger partial charge in [-0.2, -0.15) is 5.10 Å². The molecule has 1 amide bonds. The average molecular weight is 364 g/mol. The first-order chi connectivity index (χ1) is 13.2. The largest absolute Gasteiger partial charge is 0.391 e. The number of nitrogens with zero attached hydrogens (tertiary/aromatic N) is 4. The molecule has 1 aromatic carbocycles. The Labute approximate surface area is 155 Å². The predicted octanol–water partition coefficient (Wildman–Crippen LogP) is 1.12. The first kappa shape index (κ1) is 17.2. The van der Waals surface area contributed by atoms with E-state index in [1.165, 1.54) is 12.4 Å². The predicted molar refractivity (Wildman–Crippen MR) is 102 cm³/mol. The van der Waals surface area contributed by atoms with Crippen molar-refractivity contribution in [2.75, 3.05) is 18.0 Å². The number of nitrogens with one attached hydrogen (secondary N) is 2. The maximum atomic E-state index is 12.3. The highest BCUT2D eigenvalue weighted by Crippen LogP contribution is 2.24. The van der Waals surface area contributed by atoms with Gasteiger partial charge < -0.3 is 15.3 Å². The van der Waals surface area contributed by atoms with Crippen LogP contribution in [0.4, 0.5) is 5.82 Å². The number of carbonyl (C=O) groups is 1. The van der Waals surface area contributed by atoms with Gasteiger partial charge in [0, 0.05) is 25.2 Å². The van der Waals surface area contributed by atoms with Crippen LogP contribution in [0.2, 0.25) is 0 Å². The minimum Gasteiger partial charge on any atom is -0.391 e. The molecule has 27 heavy (non-hydrogen) atoms. The number of H-pyrrole nitrogens is 1. The first-order valence-corrected chi connectivity index (χ1v) is 8.80. The molecule has 1 saturated heterocycles. The van der Waals surface area contributed by atoms with E-state index in [2.05, 4.69) is 25.5 Å². The molecule has 3 heterocycles. The molecule has 0 saturated carbocycles. The van der Waals surface area contributed by atoms with Crippen LogP contribution in [-0.2, 0) is 4.79 Å². The number of β-amino-alcohol motifs (C(OH)–C–C–N with tert-alkyl or cyclic N) is 1. The van der Waals surface area contributed by atoms with E-state index in [1.807, 2.05) is 35.2 Å². The summed E-state index contributed by atoms with van der Waals surface area (Å²) in [5.74, 6) is 0.514. The molecule has 1 aliphatic rings. The van der Waals surface area contributed by atoms with E-state index in [0.717, 1.165) is 10.9 Å². The van der Waals surface area contributed by atoms with Gasteiger partial charge in [0.1, 0.15) is 12.1 Å². The second kappa shape index (κ2) is 7.55. The molecule has 138 valence electrons. The molecule has 3 N–H and O–H groups in total. The van der Waals surface area contributed by atoms with Crippen molar-refractivity contribution in [2.45, 2.75) is 18.6 Å². The van der Waals surface area contributed by atoms with Crippen LogP contribution in [-0.4, -0.2) is 56.4 Å². The number of aliphatic hydroxyl groups excluding tert-OH is 1. The summed E-state index contributed by atoms with van der Waals surface area (Å²) in [5, 5.41) is 20.9. The van der Waals surface area contributed by atoms with Gasteiger partial charge in [0.15, 0.2) is 5.65 Å². The summed E-state index contributed by atoms with van der Waals surface area (Å²) in [6.45, 7) is 1.00. The Balaban J connectivity index is 1.45. The fourth-order valence-electron chi connectivity index (χ4n) is 3.34. The van der Waals surface area contributed by atoms with Gasteiger partial charge in [-0.3, -0.25) is 9.89 Å². The third-order valence-electron chi connectivity index (χ3n) is 4.53. The molecule has 0 unspecified atom stereocenters. The number of aromatic amines is 1. The number of hydrogen-bond acceptors (Lipinski definition) is 6. The van der Waals surface area contributed by atoms with Crippen molar-refractivity contribution in [3.8, 4) is 0 Å². The zero-order valence-electron chi connectivity index (χ0n) is 14.6. The molecule has 2 atom stereocenters. The van der Waals surface area contributed by atoms with Gasteiger partial charge in [-0.05, 0) is 18.1 Å². The van der Waals surface area contributed by atoms with Crippen LogP contribution in [0, 0.1) is 0 Å². The van der Waals surface area contributed by atoms with Crippen LogP contribution in [0.5, 0.6) is 0 Å². The average Bonchev–Trinajstić information content (AvgIpc) is 3.15. The number of benzene rings is 1. The number of piperidine rings is 1. The molecule has 8 nitrogen and oxygen atoms in total. The van der Waals surface area contributed by atoms with Crippen molar-refractivity contribution in [3.63, 3.8) is 0 Å². The number of fused-ring (bicyclic) bond motifs is 1. The molecular formula is C19H20N6O2. The minimum atomic E-state index is -0.556. The number of rotatable bonds is 4. The second-order valence-electron chi connectivity index (χ2n) is 6.57. The molecule has 8 heteroatoms. The standard InChI is InChI=1S/C19H20N6O2/c26-15-8-14(23-17(27)7-6-13-4-2-1-3-5-13)10-25(11-15)19-16-9-22-24-18(16)20-12-21-19/h1-7,9,12,14-15,26H,8,10-11H2,(H,23,27)(H,20,21,22,24)/t14-,15+/m0/s1. The maximum Gasteiger partial charge on any atom is 0.244 e. The molecule has 1 aliphatic heterocycles. The van der Waals surface area contributed by atoms with Gasteiger partial charge in [-0.1, -0.05) is 30.3 Å². The fourth-order valence-corrected chi connectivity index (χ4v) is 3.34. The molecule has 1 fully saturated rings. The zero-order valence-corrected chi connectivity index (χ0v) is 14.6. The van der Waals surface area contributed by atoms with E-state index in [0.29, 0.717) is 31.0 Å². The topological polar surface area (TPSA) is 107 Å². The second-order valence-corrected chi connectivity index (χ2v) is 6.57. The molecule has 0 bridgehead atoms. The normalized spacial score (nSPS) is 20.3. The third kappa shape index (κ3) is 3.95. The lowest BCUT2D eigenvalue weighted by Gasteiger charge is -2.36. The summed E-state index contributed by atoms with van der Waals surface area (Å²) in [5.41, 5.74) is 1.60. The van der Waals surface area contributed by atoms with E-state index in [4.69, 9.17) is 0 Å². The Morgan fingerprint density at radius 3 is 2.96 bits per heavy atom. The lowest BCUT2D eigenvalue weighted by atomic mass is 10.0. The van der Waals surface area contributed by atoms with Crippen LogP contribution in [0.3, 0.4) is 0 Å². The van der Waals surface area contributed by atoms with Crippen molar-refractivity contribution < 1.29 is 9.90 Å². The van der Waals surface area contributed by atoms with E-state index in [9.17, 15) is 9.90 Å². The SMILES string of the molecule is O=C(C=Cc1ccccc1)N[C@H]1C[C@@H](O)CN(c2ncnc3[nH]ncc23)C1. The molecule has 2 aromatic heterocycles. The molecular weight excluding hydrogens is 344 g/mol. The highest BCUT2D eigenvalue weighted by Gasteiger charge is 2.28. The Bertz CT molecular complexity index is 955. The van der Waals surface area contributed by atoms with E-state index in [1.54, 1.807) is 12.3 Å². The van der Waals surface area contributed by atoms with E-state index in [-0.39, 0.29) is 11.9 Å². The monoisotopic (exact) mass is 364 g/mol. The van der Waals surface area contributed by atoms with Crippen LogP contribution in [0.15, 0.2) is 48.9 Å². The fraction of sp³-hybridized carbons (Fsp3) is 0.263. The highest BCUT2D eigenvalue weighted by atomic mass is 16.3. The van der Waals surface area contributed by atoms with Gasteiger partial charge in [-0.25, -0.2) is 9.97 Å². The molecule has 3 aromatic rings. The number of amides is 1. The van der Waals surface area contributed by atoms with Crippen LogP contribution in [0.1, 0.15) is 12.0 Å². The minimum absolute atomic E-state index is 0.182. The maximum absolute atomic E-state index is 12.3. The lowest BCUT2D eigenvalue weighted by Crippen LogP contribution is -2.52. The van der Waals surface area contributed by atoms with Crippen LogP contribution < -0.4 is 10.2 Å². The summed E-state index contributed by atoms with van der Waals surface area (Å²) in [6, 6.07) is 9.46. The van der Waals surface area contributed by atoms with Crippen molar-refractivity contribution in [2.24, 2.45) is 0 Å². The van der Waals surface area contributed by atoms with Gasteiger partial charge >= 0.3 is 0 Å². The lowest BCUT2D eigenvalue weighted by molar-refractivity contribution is -0.117. The van der Waals surface area contributed by atoms with Crippen molar-refractivity contribution >= 4 is 28.8 Å². The Kier molecular flexibility index (Phi) is 4.80. The number of carbonyl (C=O) groups excluding carboxylic acids is 1. The number of aromatic nitrogens is 4. The quantitative estimate of drug-likeness (QED) is 0.599. The Hall–Kier alpha value is -3.26. The van der Waals surface area contributed by atoms with Crippen molar-refractivity contribution in [1.82, 2.24) is 25.5 Å². The Morgan fingerprint density at radius 1 is 1.26 bits per heavy atom. The van der Waals surface area contributed by atoms with Gasteiger partial charge in [0.05, 0.1) is 17.7 Å². The number of anilines is 1. The van der Waals surface area contributed by atoms with Gasteiger partial charge in [0.2, 0.25) is 5.91 Å². The van der Waals surface area contributed by atoms with Crippen LogP contribution in [0.25, 0.3) is 17.1 Å². The van der Waals surface area contributed by atoms with Crippen LogP contribution >= 0.6 is 0 Å². The summed E-state index contributed by atoms with van der Waals surface area (Å²) < 4.78 is 0. The third-order valence-corrected chi connectivity index (χ3v) is 4.53. The molecule has 0 radical (unpaired) electrons. The number of aliphatic hydroxyl groups is 1. The summed E-state index contributed by atoms with van der Waals surface area (Å²) >= 11 is 0. The number of hydrogen-bond donors (Lipinski definition) is 3. The van der Waals surface area contributed by atoms with Gasteiger partial charge in [0.25, 0.3) is 0 Å². The summed E-state index contributed by atoms with van der Waals surface area (Å²) in [4.78, 5) is 22.7. The summed E-state index contributed by atoms with van der Waals surface area (Å²) in [6.07, 6.45) is 6.36. The highest BCUT2D eigenvalue weighted by molar-refractivity contribution is 5.92. The smallest absolute Gasteiger partial charge is 0.244 e. The van der Waals surface area contributed by atoms with Crippen molar-refractivity contribution in [1.29, 1.82) is 0 Å². The first-order valence-electron chi connectivity index (χ1n) is 8.80. The van der Waals surface area contributed by atoms with Crippen molar-refractivity contribution in [3.05, 3.63) is 54.5 Å².